The summed E-state index contributed by atoms with van der Waals surface area (Å²) < 4.78 is 26.0. The Kier molecular flexibility index (Phi) is 4.91. The second-order valence-corrected chi connectivity index (χ2v) is 5.68. The first-order valence-electron chi connectivity index (χ1n) is 3.92. The van der Waals surface area contributed by atoms with Gasteiger partial charge in [-0.3, -0.25) is 0 Å². The molecule has 2 atom stereocenters. The van der Waals surface area contributed by atoms with Crippen LogP contribution in [0, 0.1) is 0 Å². The van der Waals surface area contributed by atoms with Gasteiger partial charge in [0.1, 0.15) is 16.6 Å². The van der Waals surface area contributed by atoms with Crippen molar-refractivity contribution in [3.05, 3.63) is 12.4 Å². The van der Waals surface area contributed by atoms with Crippen LogP contribution in [0.1, 0.15) is 20.8 Å². The minimum absolute atomic E-state index is 0.447. The van der Waals surface area contributed by atoms with Crippen molar-refractivity contribution in [3.8, 4) is 0 Å². The fourth-order valence-electron chi connectivity index (χ4n) is 0.506. The number of aliphatic hydroxyl groups is 1. The molecule has 0 saturated heterocycles. The SMILES string of the molecule is C=C(F)[C@H](CO)N[S+]([O-])C(C)(C)C. The predicted octanol–water partition coefficient (Wildman–Crippen LogP) is 0.882. The molecule has 0 bridgehead atoms. The van der Waals surface area contributed by atoms with E-state index in [0.29, 0.717) is 0 Å². The van der Waals surface area contributed by atoms with E-state index < -0.39 is 34.6 Å². The van der Waals surface area contributed by atoms with Crippen molar-refractivity contribution in [1.82, 2.24) is 4.72 Å². The Morgan fingerprint density at radius 3 is 2.38 bits per heavy atom. The summed E-state index contributed by atoms with van der Waals surface area (Å²) in [6.45, 7) is 7.86. The molecule has 0 fully saturated rings. The highest BCUT2D eigenvalue weighted by Crippen LogP contribution is 2.15. The van der Waals surface area contributed by atoms with E-state index in [0.717, 1.165) is 0 Å². The van der Waals surface area contributed by atoms with Crippen molar-refractivity contribution in [1.29, 1.82) is 0 Å². The topological polar surface area (TPSA) is 55.3 Å². The lowest BCUT2D eigenvalue weighted by atomic mass is 10.3. The largest absolute Gasteiger partial charge is 0.598 e. The fraction of sp³-hybridized carbons (Fsp3) is 0.750. The van der Waals surface area contributed by atoms with Gasteiger partial charge in [-0.05, 0) is 20.8 Å². The van der Waals surface area contributed by atoms with Crippen LogP contribution in [0.5, 0.6) is 0 Å². The summed E-state index contributed by atoms with van der Waals surface area (Å²) in [5.41, 5.74) is 0. The smallest absolute Gasteiger partial charge is 0.136 e. The van der Waals surface area contributed by atoms with Gasteiger partial charge in [0.25, 0.3) is 0 Å². The number of nitrogens with one attached hydrogen (secondary N) is 1. The average Bonchev–Trinajstić information content (AvgIpc) is 1.96. The van der Waals surface area contributed by atoms with Crippen molar-refractivity contribution in [2.24, 2.45) is 0 Å². The summed E-state index contributed by atoms with van der Waals surface area (Å²) in [5, 5.41) is 8.71. The first-order chi connectivity index (χ1) is 5.79. The maximum absolute atomic E-state index is 12.6. The van der Waals surface area contributed by atoms with Crippen LogP contribution >= 0.6 is 0 Å². The number of aliphatic hydroxyl groups excluding tert-OH is 1. The Bertz CT molecular complexity index is 181. The van der Waals surface area contributed by atoms with Crippen LogP contribution in [0.3, 0.4) is 0 Å². The van der Waals surface area contributed by atoms with E-state index in [9.17, 15) is 8.94 Å². The third-order valence-electron chi connectivity index (χ3n) is 1.37. The lowest BCUT2D eigenvalue weighted by Gasteiger charge is -2.26. The Hall–Kier alpha value is -0.100. The van der Waals surface area contributed by atoms with Gasteiger partial charge in [-0.1, -0.05) is 6.58 Å². The molecule has 0 heterocycles. The molecule has 78 valence electrons. The van der Waals surface area contributed by atoms with Gasteiger partial charge in [0.2, 0.25) is 0 Å². The summed E-state index contributed by atoms with van der Waals surface area (Å²) in [5.74, 6) is -0.708. The van der Waals surface area contributed by atoms with Crippen LogP contribution in [-0.4, -0.2) is 27.1 Å². The Balaban J connectivity index is 4.17. The van der Waals surface area contributed by atoms with Gasteiger partial charge in [0.05, 0.1) is 6.61 Å². The van der Waals surface area contributed by atoms with E-state index in [-0.39, 0.29) is 0 Å². The molecule has 0 saturated carbocycles. The van der Waals surface area contributed by atoms with E-state index in [1.807, 2.05) is 0 Å². The van der Waals surface area contributed by atoms with Gasteiger partial charge in [0.15, 0.2) is 0 Å². The minimum Gasteiger partial charge on any atom is -0.598 e. The van der Waals surface area contributed by atoms with Crippen LogP contribution in [0.25, 0.3) is 0 Å². The highest BCUT2D eigenvalue weighted by Gasteiger charge is 2.29. The van der Waals surface area contributed by atoms with Crippen LogP contribution in [0.2, 0.25) is 0 Å². The van der Waals surface area contributed by atoms with Gasteiger partial charge >= 0.3 is 0 Å². The molecule has 0 radical (unpaired) electrons. The highest BCUT2D eigenvalue weighted by molar-refractivity contribution is 7.90. The van der Waals surface area contributed by atoms with Crippen molar-refractivity contribution >= 4 is 11.4 Å². The third kappa shape index (κ3) is 4.61. The van der Waals surface area contributed by atoms with E-state index in [1.165, 1.54) is 0 Å². The molecule has 0 aromatic heterocycles. The van der Waals surface area contributed by atoms with Gasteiger partial charge < -0.3 is 9.66 Å². The van der Waals surface area contributed by atoms with E-state index in [2.05, 4.69) is 11.3 Å². The summed E-state index contributed by atoms with van der Waals surface area (Å²) in [6.07, 6.45) is 0. The summed E-state index contributed by atoms with van der Waals surface area (Å²) in [7, 11) is 0. The lowest BCUT2D eigenvalue weighted by Crippen LogP contribution is -2.46. The van der Waals surface area contributed by atoms with Crippen molar-refractivity contribution in [3.63, 3.8) is 0 Å². The Morgan fingerprint density at radius 2 is 2.15 bits per heavy atom. The second-order valence-electron chi connectivity index (χ2n) is 3.68. The summed E-state index contributed by atoms with van der Waals surface area (Å²) in [4.78, 5) is 0. The van der Waals surface area contributed by atoms with Crippen LogP contribution < -0.4 is 4.72 Å². The molecule has 0 rings (SSSR count). The first kappa shape index (κ1) is 12.9. The molecule has 0 aromatic carbocycles. The molecule has 13 heavy (non-hydrogen) atoms. The zero-order chi connectivity index (χ0) is 10.6. The lowest BCUT2D eigenvalue weighted by molar-refractivity contribution is 0.257. The molecule has 0 aliphatic heterocycles. The van der Waals surface area contributed by atoms with Gasteiger partial charge in [0, 0.05) is 11.4 Å². The number of rotatable bonds is 4. The molecule has 0 spiro atoms. The molecule has 3 nitrogen and oxygen atoms in total. The van der Waals surface area contributed by atoms with Crippen LogP contribution in [0.4, 0.5) is 4.39 Å². The maximum atomic E-state index is 12.6. The first-order valence-corrected chi connectivity index (χ1v) is 5.07. The minimum atomic E-state index is -1.40. The van der Waals surface area contributed by atoms with Crippen LogP contribution in [-0.2, 0) is 11.4 Å². The molecule has 0 aromatic rings. The number of hydrogen-bond acceptors (Lipinski definition) is 3. The summed E-state index contributed by atoms with van der Waals surface area (Å²) in [6, 6.07) is -0.944. The quantitative estimate of drug-likeness (QED) is 0.676. The Morgan fingerprint density at radius 1 is 1.69 bits per heavy atom. The van der Waals surface area contributed by atoms with E-state index >= 15 is 0 Å². The Labute approximate surface area is 81.3 Å². The number of halogens is 1. The monoisotopic (exact) mass is 209 g/mol. The molecule has 2 N–H and O–H groups in total. The van der Waals surface area contributed by atoms with Crippen molar-refractivity contribution in [2.75, 3.05) is 6.61 Å². The third-order valence-corrected chi connectivity index (χ3v) is 2.98. The highest BCUT2D eigenvalue weighted by atomic mass is 32.2. The van der Waals surface area contributed by atoms with Gasteiger partial charge in [-0.15, -0.1) is 4.72 Å². The van der Waals surface area contributed by atoms with Gasteiger partial charge in [-0.2, -0.15) is 0 Å². The average molecular weight is 209 g/mol. The zero-order valence-corrected chi connectivity index (χ0v) is 8.95. The summed E-state index contributed by atoms with van der Waals surface area (Å²) >= 11 is -1.40. The van der Waals surface area contributed by atoms with E-state index in [4.69, 9.17) is 5.11 Å². The second kappa shape index (κ2) is 4.95. The normalized spacial score (nSPS) is 16.8. The van der Waals surface area contributed by atoms with Crippen LogP contribution in [0.15, 0.2) is 12.4 Å². The molecular weight excluding hydrogens is 193 g/mol. The van der Waals surface area contributed by atoms with Crippen molar-refractivity contribution < 1.29 is 14.0 Å². The maximum Gasteiger partial charge on any atom is 0.136 e. The fourth-order valence-corrected chi connectivity index (χ4v) is 1.32. The van der Waals surface area contributed by atoms with E-state index in [1.54, 1.807) is 20.8 Å². The van der Waals surface area contributed by atoms with Crippen molar-refractivity contribution in [2.45, 2.75) is 31.6 Å². The standard InChI is InChI=1S/C8H16FNO2S/c1-6(9)7(5-11)10-13(12)8(2,3)4/h7,10-11H,1,5H2,2-4H3/t7-,13?/m0/s1. The number of hydrogen-bond donors (Lipinski definition) is 2. The molecule has 0 aliphatic carbocycles. The predicted molar refractivity (Wildman–Crippen MR) is 52.2 cm³/mol. The zero-order valence-electron chi connectivity index (χ0n) is 8.13. The van der Waals surface area contributed by atoms with Gasteiger partial charge in [-0.25, -0.2) is 4.39 Å². The molecule has 1 unspecified atom stereocenters. The molecule has 5 heteroatoms. The molecular formula is C8H16FNO2S. The molecule has 0 amide bonds. The molecule has 0 aliphatic rings.